The Balaban J connectivity index is 3.52. The predicted octanol–water partition coefficient (Wildman–Crippen LogP) is 2.52. The fourth-order valence-electron chi connectivity index (χ4n) is 1.71. The van der Waals surface area contributed by atoms with Crippen LogP contribution in [0.2, 0.25) is 0 Å². The third-order valence-corrected chi connectivity index (χ3v) is 2.87. The number of nitrogens with zero attached hydrogens (tertiary/aromatic N) is 4. The summed E-state index contributed by atoms with van der Waals surface area (Å²) in [5.74, 6) is 0. The Hall–Kier alpha value is -2.20. The summed E-state index contributed by atoms with van der Waals surface area (Å²) in [5.41, 5.74) is 4.98. The molecule has 1 aliphatic rings. The zero-order chi connectivity index (χ0) is 12.3. The Morgan fingerprint density at radius 3 is 1.12 bits per heavy atom. The lowest BCUT2D eigenvalue weighted by Crippen LogP contribution is -2.19. The van der Waals surface area contributed by atoms with Gasteiger partial charge in [0, 0.05) is 0 Å². The molecule has 4 heteroatoms. The third-order valence-electron chi connectivity index (χ3n) is 2.87. The van der Waals surface area contributed by atoms with Gasteiger partial charge in [-0.1, -0.05) is 0 Å². The summed E-state index contributed by atoms with van der Waals surface area (Å²) in [6, 6.07) is 0. The van der Waals surface area contributed by atoms with Gasteiger partial charge in [-0.3, -0.25) is 0 Å². The van der Waals surface area contributed by atoms with Crippen LogP contribution in [0.4, 0.5) is 0 Å². The second kappa shape index (κ2) is 4.55. The topological polar surface area (TPSA) is 72.3 Å². The second-order valence-corrected chi connectivity index (χ2v) is 3.62. The number of nitriles is 2. The smallest absolute Gasteiger partial charge is 0.173 e. The first-order valence-electron chi connectivity index (χ1n) is 4.84. The highest BCUT2D eigenvalue weighted by molar-refractivity contribution is 6.28. The minimum absolute atomic E-state index is 0.689. The molecule has 0 saturated heterocycles. The van der Waals surface area contributed by atoms with Crippen molar-refractivity contribution in [1.29, 1.82) is 10.5 Å². The molecule has 0 aromatic rings. The van der Waals surface area contributed by atoms with Crippen molar-refractivity contribution in [3.05, 3.63) is 22.3 Å². The molecule has 0 aliphatic heterocycles. The van der Waals surface area contributed by atoms with E-state index < -0.39 is 0 Å². The summed E-state index contributed by atoms with van der Waals surface area (Å²) in [6.07, 6.45) is 3.60. The van der Waals surface area contributed by atoms with Gasteiger partial charge in [-0.25, -0.2) is 0 Å². The van der Waals surface area contributed by atoms with E-state index in [1.807, 2.05) is 27.7 Å². The van der Waals surface area contributed by atoms with Gasteiger partial charge in [-0.2, -0.15) is 20.5 Å². The third kappa shape index (κ3) is 1.78. The van der Waals surface area contributed by atoms with Crippen molar-refractivity contribution in [2.24, 2.45) is 9.98 Å². The SMILES string of the molecule is CC1=C(C)C(=NC#N)C(C)=C(C)C1=NC#N. The Morgan fingerprint density at radius 1 is 0.688 bits per heavy atom. The molecule has 0 unspecified atom stereocenters. The fraction of sp³-hybridized carbons (Fsp3) is 0.333. The van der Waals surface area contributed by atoms with E-state index in [9.17, 15) is 0 Å². The van der Waals surface area contributed by atoms with Crippen LogP contribution in [0.1, 0.15) is 27.7 Å². The summed E-state index contributed by atoms with van der Waals surface area (Å²) in [4.78, 5) is 7.62. The molecule has 80 valence electrons. The second-order valence-electron chi connectivity index (χ2n) is 3.62. The summed E-state index contributed by atoms with van der Waals surface area (Å²) in [5, 5.41) is 17.3. The van der Waals surface area contributed by atoms with Gasteiger partial charge in [-0.15, -0.1) is 0 Å². The molecule has 0 aromatic heterocycles. The molecule has 1 rings (SSSR count). The summed E-state index contributed by atoms with van der Waals surface area (Å²) in [7, 11) is 0. The van der Waals surface area contributed by atoms with Gasteiger partial charge < -0.3 is 0 Å². The van der Waals surface area contributed by atoms with Crippen LogP contribution in [-0.2, 0) is 0 Å². The average Bonchev–Trinajstić information content (AvgIpc) is 2.28. The Bertz CT molecular complexity index is 452. The molecule has 0 atom stereocenters. The molecule has 1 aliphatic carbocycles. The highest BCUT2D eigenvalue weighted by atomic mass is 14.8. The van der Waals surface area contributed by atoms with Crippen molar-refractivity contribution in [3.63, 3.8) is 0 Å². The Labute approximate surface area is 94.9 Å². The van der Waals surface area contributed by atoms with E-state index in [-0.39, 0.29) is 0 Å². The van der Waals surface area contributed by atoms with E-state index in [2.05, 4.69) is 9.98 Å². The first kappa shape index (κ1) is 11.9. The van der Waals surface area contributed by atoms with Crippen LogP contribution in [0.3, 0.4) is 0 Å². The number of aliphatic imine (C=N–C) groups is 2. The summed E-state index contributed by atoms with van der Waals surface area (Å²) < 4.78 is 0. The van der Waals surface area contributed by atoms with Crippen molar-refractivity contribution < 1.29 is 0 Å². The maximum Gasteiger partial charge on any atom is 0.206 e. The molecule has 0 spiro atoms. The Morgan fingerprint density at radius 2 is 0.938 bits per heavy atom. The molecule has 0 heterocycles. The molecule has 0 radical (unpaired) electrons. The lowest BCUT2D eigenvalue weighted by Gasteiger charge is -2.20. The van der Waals surface area contributed by atoms with Crippen molar-refractivity contribution >= 4 is 11.4 Å². The Kier molecular flexibility index (Phi) is 3.37. The first-order chi connectivity index (χ1) is 7.54. The zero-order valence-electron chi connectivity index (χ0n) is 9.79. The van der Waals surface area contributed by atoms with Crippen molar-refractivity contribution in [1.82, 2.24) is 0 Å². The molecule has 0 aromatic carbocycles. The minimum atomic E-state index is 0.689. The van der Waals surface area contributed by atoms with Crippen LogP contribution in [0.15, 0.2) is 32.3 Å². The van der Waals surface area contributed by atoms with Crippen molar-refractivity contribution in [2.45, 2.75) is 27.7 Å². The standard InChI is InChI=1S/C12H12N4/c1-7-8(2)12(16-6-14)10(4)9(3)11(7)15-5-13/h1-4H3. The van der Waals surface area contributed by atoms with Crippen molar-refractivity contribution in [2.75, 3.05) is 0 Å². The van der Waals surface area contributed by atoms with Crippen LogP contribution in [0, 0.1) is 22.9 Å². The van der Waals surface area contributed by atoms with Crippen molar-refractivity contribution in [3.8, 4) is 12.4 Å². The van der Waals surface area contributed by atoms with E-state index >= 15 is 0 Å². The average molecular weight is 212 g/mol. The van der Waals surface area contributed by atoms with Gasteiger partial charge in [0.05, 0.1) is 11.4 Å². The van der Waals surface area contributed by atoms with E-state index in [1.165, 1.54) is 0 Å². The maximum atomic E-state index is 8.63. The van der Waals surface area contributed by atoms with Gasteiger partial charge in [-0.05, 0) is 50.0 Å². The minimum Gasteiger partial charge on any atom is -0.173 e. The molecule has 0 fully saturated rings. The fourth-order valence-corrected chi connectivity index (χ4v) is 1.71. The lowest BCUT2D eigenvalue weighted by atomic mass is 9.85. The van der Waals surface area contributed by atoms with E-state index in [0.29, 0.717) is 11.4 Å². The largest absolute Gasteiger partial charge is 0.206 e. The molecule has 0 bridgehead atoms. The number of allylic oxidation sites excluding steroid dienone is 4. The van der Waals surface area contributed by atoms with Crippen LogP contribution in [0.25, 0.3) is 0 Å². The van der Waals surface area contributed by atoms with E-state index in [4.69, 9.17) is 10.5 Å². The van der Waals surface area contributed by atoms with Crippen LogP contribution >= 0.6 is 0 Å². The molecule has 16 heavy (non-hydrogen) atoms. The van der Waals surface area contributed by atoms with Crippen LogP contribution in [-0.4, -0.2) is 11.4 Å². The van der Waals surface area contributed by atoms with Gasteiger partial charge in [0.25, 0.3) is 0 Å². The van der Waals surface area contributed by atoms with Gasteiger partial charge >= 0.3 is 0 Å². The highest BCUT2D eigenvalue weighted by Crippen LogP contribution is 2.25. The predicted molar refractivity (Wildman–Crippen MR) is 62.8 cm³/mol. The summed E-state index contributed by atoms with van der Waals surface area (Å²) in [6.45, 7) is 7.53. The molecule has 0 N–H and O–H groups in total. The normalized spacial score (nSPS) is 15.9. The highest BCUT2D eigenvalue weighted by Gasteiger charge is 2.22. The maximum absolute atomic E-state index is 8.63. The summed E-state index contributed by atoms with van der Waals surface area (Å²) >= 11 is 0. The molecular formula is C12H12N4. The number of hydrogen-bond acceptors (Lipinski definition) is 4. The molecule has 4 nitrogen and oxygen atoms in total. The number of rotatable bonds is 0. The van der Waals surface area contributed by atoms with Gasteiger partial charge in [0.15, 0.2) is 0 Å². The monoisotopic (exact) mass is 212 g/mol. The van der Waals surface area contributed by atoms with E-state index in [0.717, 1.165) is 22.3 Å². The van der Waals surface area contributed by atoms with E-state index in [1.54, 1.807) is 12.4 Å². The van der Waals surface area contributed by atoms with Crippen LogP contribution in [0.5, 0.6) is 0 Å². The first-order valence-corrected chi connectivity index (χ1v) is 4.84. The van der Waals surface area contributed by atoms with Gasteiger partial charge in [0.2, 0.25) is 12.4 Å². The zero-order valence-corrected chi connectivity index (χ0v) is 9.79. The molecular weight excluding hydrogens is 200 g/mol. The quantitative estimate of drug-likeness (QED) is 0.457. The lowest BCUT2D eigenvalue weighted by molar-refractivity contribution is 1.29. The molecule has 0 amide bonds. The van der Waals surface area contributed by atoms with Crippen LogP contribution < -0.4 is 0 Å². The molecule has 0 saturated carbocycles. The number of hydrogen-bond donors (Lipinski definition) is 0. The van der Waals surface area contributed by atoms with Gasteiger partial charge in [0.1, 0.15) is 0 Å².